The van der Waals surface area contributed by atoms with Crippen LogP contribution in [-0.2, 0) is 9.59 Å². The molecule has 0 bridgehead atoms. The summed E-state index contributed by atoms with van der Waals surface area (Å²) in [6.45, 7) is 2.17. The molecule has 0 heterocycles. The van der Waals surface area contributed by atoms with Crippen LogP contribution < -0.4 is 0 Å². The summed E-state index contributed by atoms with van der Waals surface area (Å²) >= 11 is 0. The SMILES string of the molecule is CC(=O)O.CC(=O)O.[Se]. The minimum Gasteiger partial charge on any atom is -0.481 e. The van der Waals surface area contributed by atoms with Gasteiger partial charge >= 0.3 is 0 Å². The number of carboxylic acid groups (broad SMARTS) is 2. The standard InChI is InChI=1S/2C2H4O2.Se/c2*1-2(3)4;/h2*1H3,(H,3,4);. The molecular formula is C4H8O4Se. The van der Waals surface area contributed by atoms with Gasteiger partial charge in [0.15, 0.2) is 0 Å². The second-order valence-electron chi connectivity index (χ2n) is 1.04. The third-order valence-electron chi connectivity index (χ3n) is 0. The van der Waals surface area contributed by atoms with Gasteiger partial charge in [-0.3, -0.25) is 9.59 Å². The monoisotopic (exact) mass is 200 g/mol. The summed E-state index contributed by atoms with van der Waals surface area (Å²) in [5.41, 5.74) is 0. The molecule has 0 aromatic heterocycles. The van der Waals surface area contributed by atoms with Crippen molar-refractivity contribution in [3.63, 3.8) is 0 Å². The summed E-state index contributed by atoms with van der Waals surface area (Å²) in [5.74, 6) is -1.67. The molecule has 0 saturated heterocycles. The fraction of sp³-hybridized carbons (Fsp3) is 0.500. The van der Waals surface area contributed by atoms with Gasteiger partial charge in [0.2, 0.25) is 0 Å². The van der Waals surface area contributed by atoms with E-state index in [-0.39, 0.29) is 17.1 Å². The van der Waals surface area contributed by atoms with E-state index in [0.29, 0.717) is 0 Å². The van der Waals surface area contributed by atoms with Crippen LogP contribution in [-0.4, -0.2) is 39.2 Å². The first kappa shape index (κ1) is 15.8. The van der Waals surface area contributed by atoms with Crippen molar-refractivity contribution < 1.29 is 19.8 Å². The molecule has 0 aliphatic rings. The maximum atomic E-state index is 9.00. The van der Waals surface area contributed by atoms with Gasteiger partial charge in [0.25, 0.3) is 11.9 Å². The van der Waals surface area contributed by atoms with Crippen LogP contribution in [0.1, 0.15) is 13.8 Å². The fourth-order valence-corrected chi connectivity index (χ4v) is 0. The van der Waals surface area contributed by atoms with E-state index in [4.69, 9.17) is 19.8 Å². The van der Waals surface area contributed by atoms with E-state index in [0.717, 1.165) is 13.8 Å². The Bertz CT molecular complexity index is 70.6. The van der Waals surface area contributed by atoms with Crippen LogP contribution in [0.3, 0.4) is 0 Å². The molecule has 0 aromatic carbocycles. The molecule has 54 valence electrons. The van der Waals surface area contributed by atoms with Gasteiger partial charge in [0.05, 0.1) is 0 Å². The van der Waals surface area contributed by atoms with Gasteiger partial charge in [-0.2, -0.15) is 0 Å². The molecule has 0 amide bonds. The number of rotatable bonds is 0. The third-order valence-corrected chi connectivity index (χ3v) is 0. The van der Waals surface area contributed by atoms with Gasteiger partial charge in [-0.15, -0.1) is 0 Å². The Morgan fingerprint density at radius 1 is 1.00 bits per heavy atom. The molecule has 0 aliphatic heterocycles. The maximum Gasteiger partial charge on any atom is 0.300 e. The maximum absolute atomic E-state index is 9.00. The number of aliphatic carboxylic acids is 2. The normalized spacial score (nSPS) is 5.56. The van der Waals surface area contributed by atoms with E-state index in [1.807, 2.05) is 0 Å². The molecule has 9 heavy (non-hydrogen) atoms. The Kier molecular flexibility index (Phi) is 18.3. The minimum atomic E-state index is -0.833. The molecule has 0 unspecified atom stereocenters. The first-order valence-corrected chi connectivity index (χ1v) is 1.86. The summed E-state index contributed by atoms with van der Waals surface area (Å²) in [7, 11) is 0. The average Bonchev–Trinajstić information content (AvgIpc) is 1.25. The van der Waals surface area contributed by atoms with Crippen LogP contribution in [0.5, 0.6) is 0 Å². The van der Waals surface area contributed by atoms with E-state index < -0.39 is 11.9 Å². The van der Waals surface area contributed by atoms with E-state index in [9.17, 15) is 0 Å². The topological polar surface area (TPSA) is 74.6 Å². The van der Waals surface area contributed by atoms with Crippen LogP contribution in [0, 0.1) is 0 Å². The number of carbonyl (C=O) groups is 2. The molecule has 0 spiro atoms. The molecule has 0 aliphatic carbocycles. The van der Waals surface area contributed by atoms with Crippen molar-refractivity contribution in [3.8, 4) is 0 Å². The van der Waals surface area contributed by atoms with Gasteiger partial charge in [0.1, 0.15) is 0 Å². The molecule has 2 N–H and O–H groups in total. The zero-order chi connectivity index (χ0) is 7.15. The third kappa shape index (κ3) is 761. The molecule has 0 rings (SSSR count). The van der Waals surface area contributed by atoms with E-state index in [1.165, 1.54) is 0 Å². The smallest absolute Gasteiger partial charge is 0.300 e. The second-order valence-corrected chi connectivity index (χ2v) is 1.04. The zero-order valence-electron chi connectivity index (χ0n) is 5.12. The van der Waals surface area contributed by atoms with Crippen molar-refractivity contribution in [3.05, 3.63) is 0 Å². The van der Waals surface area contributed by atoms with Gasteiger partial charge in [0, 0.05) is 30.9 Å². The number of hydrogen-bond acceptors (Lipinski definition) is 2. The van der Waals surface area contributed by atoms with Crippen LogP contribution >= 0.6 is 0 Å². The van der Waals surface area contributed by atoms with Gasteiger partial charge < -0.3 is 10.2 Å². The largest absolute Gasteiger partial charge is 0.481 e. The van der Waals surface area contributed by atoms with E-state index in [1.54, 1.807) is 0 Å². The van der Waals surface area contributed by atoms with Gasteiger partial charge in [-0.1, -0.05) is 0 Å². The molecule has 0 aromatic rings. The average molecular weight is 199 g/mol. The van der Waals surface area contributed by atoms with Crippen molar-refractivity contribution in [2.24, 2.45) is 0 Å². The number of carboxylic acids is 2. The summed E-state index contributed by atoms with van der Waals surface area (Å²) in [6, 6.07) is 0. The zero-order valence-corrected chi connectivity index (χ0v) is 6.83. The van der Waals surface area contributed by atoms with Crippen LogP contribution in [0.2, 0.25) is 0 Å². The molecule has 2 radical (unpaired) electrons. The summed E-state index contributed by atoms with van der Waals surface area (Å²) in [5, 5.41) is 14.8. The van der Waals surface area contributed by atoms with Crippen molar-refractivity contribution >= 4 is 29.0 Å². The predicted octanol–water partition coefficient (Wildman–Crippen LogP) is -0.199. The van der Waals surface area contributed by atoms with E-state index >= 15 is 0 Å². The van der Waals surface area contributed by atoms with Crippen LogP contribution in [0.25, 0.3) is 0 Å². The molecule has 4 nitrogen and oxygen atoms in total. The Balaban J connectivity index is -0.0000000720. The Hall–Kier alpha value is -0.541. The Morgan fingerprint density at radius 3 is 1.00 bits per heavy atom. The summed E-state index contributed by atoms with van der Waals surface area (Å²) in [4.78, 5) is 18.0. The number of hydrogen-bond donors (Lipinski definition) is 2. The van der Waals surface area contributed by atoms with Crippen molar-refractivity contribution in [1.82, 2.24) is 0 Å². The minimum absolute atomic E-state index is 0. The van der Waals surface area contributed by atoms with Crippen molar-refractivity contribution in [2.45, 2.75) is 13.8 Å². The van der Waals surface area contributed by atoms with Gasteiger partial charge in [-0.25, -0.2) is 0 Å². The first-order chi connectivity index (χ1) is 3.46. The Morgan fingerprint density at radius 2 is 1.00 bits per heavy atom. The second kappa shape index (κ2) is 10.4. The molecule has 0 atom stereocenters. The first-order valence-electron chi connectivity index (χ1n) is 1.86. The molecule has 0 saturated carbocycles. The molecular weight excluding hydrogens is 191 g/mol. The van der Waals surface area contributed by atoms with Gasteiger partial charge in [-0.05, 0) is 0 Å². The summed E-state index contributed by atoms with van der Waals surface area (Å²) < 4.78 is 0. The van der Waals surface area contributed by atoms with Crippen molar-refractivity contribution in [2.75, 3.05) is 0 Å². The predicted molar refractivity (Wildman–Crippen MR) is 32.4 cm³/mol. The summed E-state index contributed by atoms with van der Waals surface area (Å²) in [6.07, 6.45) is 0. The van der Waals surface area contributed by atoms with Crippen LogP contribution in [0.4, 0.5) is 0 Å². The van der Waals surface area contributed by atoms with E-state index in [2.05, 4.69) is 0 Å². The fourth-order valence-electron chi connectivity index (χ4n) is 0. The Labute approximate surface area is 63.3 Å². The quantitative estimate of drug-likeness (QED) is 0.530. The molecule has 5 heteroatoms. The van der Waals surface area contributed by atoms with Crippen molar-refractivity contribution in [1.29, 1.82) is 0 Å². The molecule has 0 fully saturated rings. The van der Waals surface area contributed by atoms with Crippen LogP contribution in [0.15, 0.2) is 0 Å².